The van der Waals surface area contributed by atoms with Crippen LogP contribution in [0.15, 0.2) is 59.5 Å². The first kappa shape index (κ1) is 16.6. The van der Waals surface area contributed by atoms with Crippen LogP contribution in [-0.2, 0) is 10.0 Å². The predicted octanol–water partition coefficient (Wildman–Crippen LogP) is 3.39. The number of fused-ring (bicyclic) bond motifs is 2. The lowest BCUT2D eigenvalue weighted by molar-refractivity contribution is 0.460. The zero-order chi connectivity index (χ0) is 18.3. The molecule has 0 amide bonds. The molecular formula is C19H17N3O3S. The predicted molar refractivity (Wildman–Crippen MR) is 102 cm³/mol. The van der Waals surface area contributed by atoms with Gasteiger partial charge in [-0.05, 0) is 30.3 Å². The molecule has 0 aliphatic carbocycles. The van der Waals surface area contributed by atoms with Gasteiger partial charge in [0.05, 0.1) is 21.7 Å². The van der Waals surface area contributed by atoms with Crippen LogP contribution in [0.1, 0.15) is 6.92 Å². The third-order valence-corrected chi connectivity index (χ3v) is 5.79. The summed E-state index contributed by atoms with van der Waals surface area (Å²) in [4.78, 5) is 7.64. The fourth-order valence-corrected chi connectivity index (χ4v) is 4.13. The average molecular weight is 367 g/mol. The highest BCUT2D eigenvalue weighted by atomic mass is 32.2. The van der Waals surface area contributed by atoms with Crippen LogP contribution >= 0.6 is 0 Å². The van der Waals surface area contributed by atoms with E-state index in [2.05, 4.69) is 14.7 Å². The normalized spacial score (nSPS) is 12.0. The highest BCUT2D eigenvalue weighted by Crippen LogP contribution is 2.37. The van der Waals surface area contributed by atoms with E-state index in [1.54, 1.807) is 19.1 Å². The molecule has 0 saturated carbocycles. The van der Waals surface area contributed by atoms with E-state index in [0.29, 0.717) is 28.7 Å². The van der Waals surface area contributed by atoms with Gasteiger partial charge in [-0.2, -0.15) is 0 Å². The molecule has 0 spiro atoms. The molecular weight excluding hydrogens is 350 g/mol. The molecule has 2 aromatic heterocycles. The summed E-state index contributed by atoms with van der Waals surface area (Å²) in [6.45, 7) is 2.03. The molecule has 7 heteroatoms. The maximum absolute atomic E-state index is 12.3. The van der Waals surface area contributed by atoms with E-state index in [1.807, 2.05) is 36.4 Å². The van der Waals surface area contributed by atoms with Crippen molar-refractivity contribution in [2.45, 2.75) is 11.8 Å². The molecule has 4 rings (SSSR count). The van der Waals surface area contributed by atoms with Gasteiger partial charge < -0.3 is 10.1 Å². The molecule has 3 N–H and O–H groups in total. The molecule has 2 heterocycles. The van der Waals surface area contributed by atoms with Crippen molar-refractivity contribution in [1.82, 2.24) is 14.7 Å². The lowest BCUT2D eigenvalue weighted by Crippen LogP contribution is -2.22. The van der Waals surface area contributed by atoms with Crippen LogP contribution < -0.4 is 4.72 Å². The van der Waals surface area contributed by atoms with Gasteiger partial charge in [0, 0.05) is 22.8 Å². The van der Waals surface area contributed by atoms with Gasteiger partial charge in [-0.3, -0.25) is 0 Å². The topological polar surface area (TPSA) is 95.1 Å². The zero-order valence-corrected chi connectivity index (χ0v) is 14.8. The summed E-state index contributed by atoms with van der Waals surface area (Å²) in [6.07, 6.45) is 0. The second-order valence-corrected chi connectivity index (χ2v) is 7.71. The van der Waals surface area contributed by atoms with Gasteiger partial charge in [0.15, 0.2) is 5.88 Å². The SMILES string of the molecule is CCNS(=O)(=O)c1ccc2[nH]c(O)c(-c3ccc4ccccc4n3)c2c1. The second kappa shape index (κ2) is 6.12. The monoisotopic (exact) mass is 367 g/mol. The Kier molecular flexibility index (Phi) is 3.90. The maximum Gasteiger partial charge on any atom is 0.240 e. The highest BCUT2D eigenvalue weighted by molar-refractivity contribution is 7.89. The van der Waals surface area contributed by atoms with Crippen LogP contribution in [-0.4, -0.2) is 30.0 Å². The van der Waals surface area contributed by atoms with Crippen molar-refractivity contribution in [1.29, 1.82) is 0 Å². The lowest BCUT2D eigenvalue weighted by Gasteiger charge is -2.06. The number of nitrogens with one attached hydrogen (secondary N) is 2. The number of aromatic hydroxyl groups is 1. The number of nitrogens with zero attached hydrogens (tertiary/aromatic N) is 1. The van der Waals surface area contributed by atoms with Crippen LogP contribution in [0.3, 0.4) is 0 Å². The number of aromatic amines is 1. The molecule has 0 unspecified atom stereocenters. The van der Waals surface area contributed by atoms with Crippen molar-refractivity contribution >= 4 is 31.8 Å². The Morgan fingerprint density at radius 1 is 1.12 bits per heavy atom. The number of hydrogen-bond donors (Lipinski definition) is 3. The van der Waals surface area contributed by atoms with Gasteiger partial charge >= 0.3 is 0 Å². The highest BCUT2D eigenvalue weighted by Gasteiger charge is 2.19. The first-order chi connectivity index (χ1) is 12.5. The first-order valence-corrected chi connectivity index (χ1v) is 9.68. The fraction of sp³-hybridized carbons (Fsp3) is 0.105. The third kappa shape index (κ3) is 2.71. The molecule has 2 aromatic carbocycles. The molecule has 26 heavy (non-hydrogen) atoms. The van der Waals surface area contributed by atoms with Crippen LogP contribution in [0.5, 0.6) is 5.88 Å². The second-order valence-electron chi connectivity index (χ2n) is 5.95. The summed E-state index contributed by atoms with van der Waals surface area (Å²) in [5.74, 6) is -0.0409. The smallest absolute Gasteiger partial charge is 0.240 e. The van der Waals surface area contributed by atoms with E-state index in [9.17, 15) is 13.5 Å². The van der Waals surface area contributed by atoms with Crippen molar-refractivity contribution in [3.05, 3.63) is 54.6 Å². The summed E-state index contributed by atoms with van der Waals surface area (Å²) in [6, 6.07) is 16.1. The molecule has 6 nitrogen and oxygen atoms in total. The minimum absolute atomic E-state index is 0.0409. The van der Waals surface area contributed by atoms with Gasteiger partial charge in [0.2, 0.25) is 10.0 Å². The van der Waals surface area contributed by atoms with E-state index in [0.717, 1.165) is 10.9 Å². The fourth-order valence-electron chi connectivity index (χ4n) is 3.06. The Morgan fingerprint density at radius 3 is 2.73 bits per heavy atom. The van der Waals surface area contributed by atoms with Crippen molar-refractivity contribution in [2.75, 3.05) is 6.54 Å². The van der Waals surface area contributed by atoms with E-state index >= 15 is 0 Å². The summed E-state index contributed by atoms with van der Waals surface area (Å²) in [7, 11) is -3.59. The Labute approximate surface area is 150 Å². The lowest BCUT2D eigenvalue weighted by atomic mass is 10.1. The molecule has 0 saturated heterocycles. The number of rotatable bonds is 4. The minimum atomic E-state index is -3.59. The molecule has 0 fully saturated rings. The minimum Gasteiger partial charge on any atom is -0.494 e. The van der Waals surface area contributed by atoms with Crippen LogP contribution in [0, 0.1) is 0 Å². The number of sulfonamides is 1. The summed E-state index contributed by atoms with van der Waals surface area (Å²) in [5, 5.41) is 12.0. The number of H-pyrrole nitrogens is 1. The van der Waals surface area contributed by atoms with Crippen molar-refractivity contribution in [2.24, 2.45) is 0 Å². The molecule has 0 bridgehead atoms. The van der Waals surface area contributed by atoms with E-state index < -0.39 is 10.0 Å². The van der Waals surface area contributed by atoms with Gasteiger partial charge in [-0.15, -0.1) is 0 Å². The van der Waals surface area contributed by atoms with Crippen LogP contribution in [0.4, 0.5) is 0 Å². The summed E-state index contributed by atoms with van der Waals surface area (Å²) >= 11 is 0. The van der Waals surface area contributed by atoms with Crippen LogP contribution in [0.2, 0.25) is 0 Å². The van der Waals surface area contributed by atoms with E-state index in [-0.39, 0.29) is 10.8 Å². The van der Waals surface area contributed by atoms with Crippen LogP contribution in [0.25, 0.3) is 33.1 Å². The standard InChI is InChI=1S/C19H17N3O3S/c1-2-20-26(24,25)13-8-10-16-14(11-13)18(19(23)22-16)17-9-7-12-5-3-4-6-15(12)21-17/h3-11,20,22-23H,2H2,1H3. The van der Waals surface area contributed by atoms with Gasteiger partial charge in [-0.1, -0.05) is 31.2 Å². The molecule has 0 aliphatic heterocycles. The molecule has 132 valence electrons. The van der Waals surface area contributed by atoms with Gasteiger partial charge in [0.1, 0.15) is 0 Å². The van der Waals surface area contributed by atoms with Crippen molar-refractivity contribution < 1.29 is 13.5 Å². The Morgan fingerprint density at radius 2 is 1.92 bits per heavy atom. The largest absolute Gasteiger partial charge is 0.494 e. The Hall–Kier alpha value is -2.90. The number of hydrogen-bond acceptors (Lipinski definition) is 4. The molecule has 0 atom stereocenters. The number of pyridine rings is 1. The molecule has 4 aromatic rings. The van der Waals surface area contributed by atoms with E-state index in [1.165, 1.54) is 6.07 Å². The first-order valence-electron chi connectivity index (χ1n) is 8.20. The number of para-hydroxylation sites is 1. The Bertz CT molecular complexity index is 1230. The Balaban J connectivity index is 1.94. The van der Waals surface area contributed by atoms with Crippen molar-refractivity contribution in [3.8, 4) is 17.1 Å². The van der Waals surface area contributed by atoms with Crippen molar-refractivity contribution in [3.63, 3.8) is 0 Å². The average Bonchev–Trinajstić information content (AvgIpc) is 2.96. The summed E-state index contributed by atoms with van der Waals surface area (Å²) < 4.78 is 27.1. The molecule has 0 radical (unpaired) electrons. The quantitative estimate of drug-likeness (QED) is 0.515. The summed E-state index contributed by atoms with van der Waals surface area (Å²) in [5.41, 5.74) is 2.50. The maximum atomic E-state index is 12.3. The zero-order valence-electron chi connectivity index (χ0n) is 14.0. The number of benzene rings is 2. The van der Waals surface area contributed by atoms with Gasteiger partial charge in [-0.25, -0.2) is 18.1 Å². The third-order valence-electron chi connectivity index (χ3n) is 4.25. The van der Waals surface area contributed by atoms with E-state index in [4.69, 9.17) is 0 Å². The van der Waals surface area contributed by atoms with Gasteiger partial charge in [0.25, 0.3) is 0 Å². The number of aromatic nitrogens is 2. The molecule has 0 aliphatic rings.